The highest BCUT2D eigenvalue weighted by molar-refractivity contribution is 5.92. The van der Waals surface area contributed by atoms with Crippen molar-refractivity contribution in [3.05, 3.63) is 84.3 Å². The second-order valence-electron chi connectivity index (χ2n) is 6.38. The molecule has 5 heteroatoms. The van der Waals surface area contributed by atoms with Gasteiger partial charge in [0.2, 0.25) is 5.91 Å². The number of carbonyl (C=O) groups is 1. The molecule has 0 spiro atoms. The highest BCUT2D eigenvalue weighted by atomic mass is 16.1. The molecular formula is C21H20N4O. The second kappa shape index (κ2) is 6.88. The summed E-state index contributed by atoms with van der Waals surface area (Å²) in [6, 6.07) is 20.0. The van der Waals surface area contributed by atoms with E-state index in [0.29, 0.717) is 6.54 Å². The van der Waals surface area contributed by atoms with E-state index >= 15 is 0 Å². The number of nitrogens with zero attached hydrogens (tertiary/aromatic N) is 3. The van der Waals surface area contributed by atoms with Gasteiger partial charge in [-0.15, -0.1) is 0 Å². The van der Waals surface area contributed by atoms with Gasteiger partial charge in [-0.05, 0) is 48.2 Å². The summed E-state index contributed by atoms with van der Waals surface area (Å²) >= 11 is 0. The summed E-state index contributed by atoms with van der Waals surface area (Å²) < 4.78 is 3.91. The Labute approximate surface area is 151 Å². The smallest absolute Gasteiger partial charge is 0.244 e. The molecule has 4 rings (SSSR count). The molecule has 130 valence electrons. The molecule has 0 bridgehead atoms. The van der Waals surface area contributed by atoms with E-state index in [4.69, 9.17) is 0 Å². The average molecular weight is 344 g/mol. The first kappa shape index (κ1) is 16.1. The summed E-state index contributed by atoms with van der Waals surface area (Å²) in [6.45, 7) is 3.04. The number of nitrogens with one attached hydrogen (secondary N) is 1. The predicted molar refractivity (Wildman–Crippen MR) is 103 cm³/mol. The average Bonchev–Trinajstić information content (AvgIpc) is 3.25. The molecular weight excluding hydrogens is 324 g/mol. The summed E-state index contributed by atoms with van der Waals surface area (Å²) in [5.41, 5.74) is 4.10. The number of benzene rings is 2. The molecule has 0 unspecified atom stereocenters. The van der Waals surface area contributed by atoms with E-state index in [1.54, 1.807) is 6.20 Å². The van der Waals surface area contributed by atoms with E-state index in [0.717, 1.165) is 34.4 Å². The summed E-state index contributed by atoms with van der Waals surface area (Å²) in [5.74, 6) is -0.0331. The second-order valence-corrected chi connectivity index (χ2v) is 6.38. The van der Waals surface area contributed by atoms with Crippen LogP contribution in [0.15, 0.2) is 73.1 Å². The van der Waals surface area contributed by atoms with Crippen molar-refractivity contribution in [1.82, 2.24) is 14.3 Å². The van der Waals surface area contributed by atoms with Gasteiger partial charge in [0.05, 0.1) is 6.54 Å². The first-order valence-corrected chi connectivity index (χ1v) is 8.60. The molecule has 0 aliphatic carbocycles. The molecule has 2 heterocycles. The normalized spacial score (nSPS) is 11.0. The number of amides is 1. The molecule has 1 N–H and O–H groups in total. The molecule has 26 heavy (non-hydrogen) atoms. The minimum Gasteiger partial charge on any atom is -0.335 e. The number of aryl methyl sites for hydroxylation is 1. The third kappa shape index (κ3) is 3.37. The van der Waals surface area contributed by atoms with Gasteiger partial charge in [-0.2, -0.15) is 5.10 Å². The van der Waals surface area contributed by atoms with Crippen LogP contribution in [0, 0.1) is 6.92 Å². The minimum absolute atomic E-state index is 0.0331. The number of aromatic nitrogens is 3. The molecule has 2 aromatic carbocycles. The van der Waals surface area contributed by atoms with E-state index in [-0.39, 0.29) is 5.91 Å². The molecule has 0 atom stereocenters. The van der Waals surface area contributed by atoms with Crippen molar-refractivity contribution in [2.45, 2.75) is 20.0 Å². The zero-order valence-corrected chi connectivity index (χ0v) is 14.6. The molecule has 4 aromatic rings. The first-order valence-electron chi connectivity index (χ1n) is 8.60. The van der Waals surface area contributed by atoms with Crippen LogP contribution in [0.2, 0.25) is 0 Å². The van der Waals surface area contributed by atoms with Crippen molar-refractivity contribution in [1.29, 1.82) is 0 Å². The van der Waals surface area contributed by atoms with Crippen molar-refractivity contribution >= 4 is 22.5 Å². The van der Waals surface area contributed by atoms with Crippen LogP contribution in [0.25, 0.3) is 10.9 Å². The quantitative estimate of drug-likeness (QED) is 0.598. The van der Waals surface area contributed by atoms with Crippen molar-refractivity contribution in [2.24, 2.45) is 0 Å². The fraction of sp³-hybridized carbons (Fsp3) is 0.143. The van der Waals surface area contributed by atoms with Crippen LogP contribution in [-0.4, -0.2) is 20.3 Å². The lowest BCUT2D eigenvalue weighted by Crippen LogP contribution is -2.19. The third-order valence-corrected chi connectivity index (χ3v) is 4.46. The fourth-order valence-electron chi connectivity index (χ4n) is 3.18. The monoisotopic (exact) mass is 344 g/mol. The molecule has 0 saturated heterocycles. The lowest BCUT2D eigenvalue weighted by atomic mass is 10.2. The Hall–Kier alpha value is -3.34. The van der Waals surface area contributed by atoms with Crippen LogP contribution in [-0.2, 0) is 17.9 Å². The maximum absolute atomic E-state index is 12.5. The maximum atomic E-state index is 12.5. The third-order valence-electron chi connectivity index (χ3n) is 4.46. The maximum Gasteiger partial charge on any atom is 0.244 e. The first-order chi connectivity index (χ1) is 12.7. The van der Waals surface area contributed by atoms with Gasteiger partial charge in [-0.3, -0.25) is 9.48 Å². The van der Waals surface area contributed by atoms with E-state index in [9.17, 15) is 4.79 Å². The van der Waals surface area contributed by atoms with E-state index < -0.39 is 0 Å². The number of anilines is 1. The van der Waals surface area contributed by atoms with Crippen molar-refractivity contribution in [3.8, 4) is 0 Å². The number of rotatable bonds is 5. The van der Waals surface area contributed by atoms with Crippen molar-refractivity contribution < 1.29 is 4.79 Å². The zero-order valence-electron chi connectivity index (χ0n) is 14.6. The van der Waals surface area contributed by atoms with Crippen molar-refractivity contribution in [2.75, 3.05) is 5.32 Å². The molecule has 0 radical (unpaired) electrons. The van der Waals surface area contributed by atoms with E-state index in [1.165, 1.54) is 0 Å². The van der Waals surface area contributed by atoms with Gasteiger partial charge in [-0.25, -0.2) is 0 Å². The van der Waals surface area contributed by atoms with Gasteiger partial charge < -0.3 is 9.88 Å². The van der Waals surface area contributed by atoms with E-state index in [1.807, 2.05) is 70.9 Å². The van der Waals surface area contributed by atoms with Gasteiger partial charge in [0.15, 0.2) is 0 Å². The van der Waals surface area contributed by atoms with Gasteiger partial charge in [0, 0.05) is 29.3 Å². The molecule has 0 saturated carbocycles. The Morgan fingerprint density at radius 2 is 1.88 bits per heavy atom. The lowest BCUT2D eigenvalue weighted by Gasteiger charge is -2.10. The van der Waals surface area contributed by atoms with Gasteiger partial charge in [0.25, 0.3) is 0 Å². The Morgan fingerprint density at radius 3 is 2.65 bits per heavy atom. The van der Waals surface area contributed by atoms with Gasteiger partial charge >= 0.3 is 0 Å². The van der Waals surface area contributed by atoms with Crippen LogP contribution in [0.4, 0.5) is 5.69 Å². The summed E-state index contributed by atoms with van der Waals surface area (Å²) in [4.78, 5) is 12.5. The number of para-hydroxylation sites is 1. The van der Waals surface area contributed by atoms with Crippen LogP contribution >= 0.6 is 0 Å². The summed E-state index contributed by atoms with van der Waals surface area (Å²) in [5, 5.41) is 8.33. The molecule has 0 aliphatic heterocycles. The number of fused-ring (bicyclic) bond motifs is 1. The van der Waals surface area contributed by atoms with Crippen molar-refractivity contribution in [3.63, 3.8) is 0 Å². The molecule has 1 amide bonds. The van der Waals surface area contributed by atoms with E-state index in [2.05, 4.69) is 22.5 Å². The number of carbonyl (C=O) groups excluding carboxylic acids is 1. The number of hydrogen-bond donors (Lipinski definition) is 1. The molecule has 0 fully saturated rings. The highest BCUT2D eigenvalue weighted by Gasteiger charge is 2.09. The lowest BCUT2D eigenvalue weighted by molar-refractivity contribution is -0.116. The van der Waals surface area contributed by atoms with Crippen LogP contribution < -0.4 is 5.32 Å². The largest absolute Gasteiger partial charge is 0.335 e. The van der Waals surface area contributed by atoms with Crippen LogP contribution in [0.3, 0.4) is 0 Å². The summed E-state index contributed by atoms with van der Waals surface area (Å²) in [6.07, 6.45) is 3.70. The standard InChI is InChI=1S/C21H20N4O/c1-16-13-18-5-2-3-6-20(18)25(16)15-21(26)23-19-9-7-17(8-10-19)14-24-12-4-11-22-24/h2-13H,14-15H2,1H3,(H,23,26). The molecule has 2 aromatic heterocycles. The summed E-state index contributed by atoms with van der Waals surface area (Å²) in [7, 11) is 0. The Bertz CT molecular complexity index is 1030. The Kier molecular flexibility index (Phi) is 4.27. The van der Waals surface area contributed by atoms with Gasteiger partial charge in [-0.1, -0.05) is 30.3 Å². The van der Waals surface area contributed by atoms with Crippen LogP contribution in [0.5, 0.6) is 0 Å². The van der Waals surface area contributed by atoms with Gasteiger partial charge in [0.1, 0.15) is 6.54 Å². The molecule has 5 nitrogen and oxygen atoms in total. The SMILES string of the molecule is Cc1cc2ccccc2n1CC(=O)Nc1ccc(Cn2cccn2)cc1. The predicted octanol–water partition coefficient (Wildman–Crippen LogP) is 3.83. The number of hydrogen-bond acceptors (Lipinski definition) is 2. The minimum atomic E-state index is -0.0331. The zero-order chi connectivity index (χ0) is 17.9. The Morgan fingerprint density at radius 1 is 1.08 bits per heavy atom. The highest BCUT2D eigenvalue weighted by Crippen LogP contribution is 2.19. The van der Waals surface area contributed by atoms with Crippen LogP contribution in [0.1, 0.15) is 11.3 Å². The fourth-order valence-corrected chi connectivity index (χ4v) is 3.18. The molecule has 0 aliphatic rings. The topological polar surface area (TPSA) is 51.9 Å². The Balaban J connectivity index is 1.43.